The fourth-order valence-electron chi connectivity index (χ4n) is 7.07. The number of rotatable bonds is 41. The van der Waals surface area contributed by atoms with Crippen molar-refractivity contribution in [3.05, 3.63) is 0 Å². The number of aliphatic hydroxyl groups excluding tert-OH is 1. The molecule has 0 spiro atoms. The zero-order valence-electron chi connectivity index (χ0n) is 33.4. The average Bonchev–Trinajstić information content (AvgIpc) is 3.11. The van der Waals surface area contributed by atoms with Crippen LogP contribution in [0.25, 0.3) is 0 Å². The van der Waals surface area contributed by atoms with E-state index < -0.39 is 0 Å². The summed E-state index contributed by atoms with van der Waals surface area (Å²) in [5, 5.41) is 9.61. The molecular weight excluding hydrogens is 627 g/mol. The van der Waals surface area contributed by atoms with Gasteiger partial charge < -0.3 is 19.3 Å². The Kier molecular flexibility index (Phi) is 40.2. The predicted molar refractivity (Wildman–Crippen MR) is 217 cm³/mol. The summed E-state index contributed by atoms with van der Waals surface area (Å²) in [5.74, 6) is 0.494. The highest BCUT2D eigenvalue weighted by molar-refractivity contribution is 7.94. The first kappa shape index (κ1) is 48.7. The van der Waals surface area contributed by atoms with Crippen molar-refractivity contribution in [2.75, 3.05) is 32.8 Å². The van der Waals surface area contributed by atoms with Gasteiger partial charge in [-0.1, -0.05) is 181 Å². The molecule has 1 unspecified atom stereocenters. The summed E-state index contributed by atoms with van der Waals surface area (Å²) in [6.45, 7) is 10.5. The summed E-state index contributed by atoms with van der Waals surface area (Å²) in [6.07, 6.45) is 39.7. The summed E-state index contributed by atoms with van der Waals surface area (Å²) in [7, 11) is 0. The van der Waals surface area contributed by atoms with Crippen LogP contribution < -0.4 is 0 Å². The molecular formula is C43H87NO4S. The van der Waals surface area contributed by atoms with Gasteiger partial charge in [-0.05, 0) is 63.0 Å². The Morgan fingerprint density at radius 2 is 0.959 bits per heavy atom. The minimum atomic E-state index is -0.0263. The Balaban J connectivity index is 4.23. The van der Waals surface area contributed by atoms with Gasteiger partial charge in [0.2, 0.25) is 0 Å². The van der Waals surface area contributed by atoms with Gasteiger partial charge in [0.15, 0.2) is 0 Å². The summed E-state index contributed by atoms with van der Waals surface area (Å²) >= 11 is 0.996. The lowest BCUT2D eigenvalue weighted by Crippen LogP contribution is -2.33. The number of hydrogen-bond acceptors (Lipinski definition) is 6. The van der Waals surface area contributed by atoms with Crippen LogP contribution in [0.1, 0.15) is 226 Å². The number of carbonyl (C=O) groups excluding carboxylic acids is 1. The minimum Gasteiger partial charge on any atom is -0.465 e. The van der Waals surface area contributed by atoms with Crippen LogP contribution in [-0.4, -0.2) is 58.6 Å². The lowest BCUT2D eigenvalue weighted by Gasteiger charge is -2.26. The van der Waals surface area contributed by atoms with Crippen LogP contribution in [0.15, 0.2) is 0 Å². The number of esters is 1. The molecule has 1 atom stereocenters. The van der Waals surface area contributed by atoms with E-state index >= 15 is 0 Å². The van der Waals surface area contributed by atoms with Crippen LogP contribution in [0.2, 0.25) is 0 Å². The molecule has 0 amide bonds. The standard InChI is InChI=1S/C43H87NO4S/c1-4-7-10-13-16-17-18-19-20-21-24-30-36-44(37-31-38-45)39-42(49-47)34-28-25-29-35-43(46)48-40-41(32-26-22-14-11-8-5-2)33-27-23-15-12-9-6-3/h41-42,45,47H,4-40H2,1-3H3. The van der Waals surface area contributed by atoms with Crippen molar-refractivity contribution in [3.8, 4) is 0 Å². The van der Waals surface area contributed by atoms with Crippen molar-refractivity contribution >= 4 is 18.0 Å². The first-order chi connectivity index (χ1) is 24.1. The molecule has 0 aliphatic carbocycles. The predicted octanol–water partition coefficient (Wildman–Crippen LogP) is 13.6. The van der Waals surface area contributed by atoms with Gasteiger partial charge in [0.25, 0.3) is 0 Å². The Bertz CT molecular complexity index is 635. The maximum absolute atomic E-state index is 12.6. The molecule has 49 heavy (non-hydrogen) atoms. The molecule has 0 bridgehead atoms. The van der Waals surface area contributed by atoms with E-state index in [-0.39, 0.29) is 17.8 Å². The van der Waals surface area contributed by atoms with Gasteiger partial charge in [0, 0.05) is 31.4 Å². The molecule has 0 fully saturated rings. The molecule has 0 aromatic heterocycles. The van der Waals surface area contributed by atoms with Crippen molar-refractivity contribution in [2.45, 2.75) is 231 Å². The zero-order chi connectivity index (χ0) is 35.9. The Labute approximate surface area is 311 Å². The molecule has 0 aromatic carbocycles. The average molecular weight is 714 g/mol. The number of nitrogens with zero attached hydrogens (tertiary/aromatic N) is 1. The van der Waals surface area contributed by atoms with Gasteiger partial charge in [-0.25, -0.2) is 0 Å². The molecule has 0 saturated heterocycles. The lowest BCUT2D eigenvalue weighted by molar-refractivity contribution is -0.145. The fraction of sp³-hybridized carbons (Fsp3) is 0.977. The maximum Gasteiger partial charge on any atom is 0.305 e. The highest BCUT2D eigenvalue weighted by atomic mass is 32.2. The van der Waals surface area contributed by atoms with Crippen LogP contribution in [0, 0.1) is 5.92 Å². The third-order valence-corrected chi connectivity index (χ3v) is 11.1. The number of ether oxygens (including phenoxy) is 1. The van der Waals surface area contributed by atoms with Crippen molar-refractivity contribution in [3.63, 3.8) is 0 Å². The van der Waals surface area contributed by atoms with E-state index in [0.717, 1.165) is 63.8 Å². The number of carbonyl (C=O) groups is 1. The first-order valence-electron chi connectivity index (χ1n) is 21.9. The Morgan fingerprint density at radius 1 is 0.551 bits per heavy atom. The number of unbranched alkanes of at least 4 members (excludes halogenated alkanes) is 23. The van der Waals surface area contributed by atoms with Crippen molar-refractivity contribution in [1.29, 1.82) is 0 Å². The van der Waals surface area contributed by atoms with E-state index in [1.54, 1.807) is 0 Å². The molecule has 2 N–H and O–H groups in total. The normalized spacial score (nSPS) is 12.4. The van der Waals surface area contributed by atoms with E-state index in [1.807, 2.05) is 0 Å². The van der Waals surface area contributed by atoms with Gasteiger partial charge in [-0.2, -0.15) is 0 Å². The highest BCUT2D eigenvalue weighted by Gasteiger charge is 2.16. The molecule has 5 nitrogen and oxygen atoms in total. The molecule has 0 aromatic rings. The lowest BCUT2D eigenvalue weighted by atomic mass is 9.94. The summed E-state index contributed by atoms with van der Waals surface area (Å²) in [5.41, 5.74) is 0. The van der Waals surface area contributed by atoms with Gasteiger partial charge in [0.1, 0.15) is 0 Å². The number of aliphatic hydroxyl groups is 1. The monoisotopic (exact) mass is 714 g/mol. The van der Waals surface area contributed by atoms with Crippen LogP contribution in [0.3, 0.4) is 0 Å². The topological polar surface area (TPSA) is 70.0 Å². The minimum absolute atomic E-state index is 0.0263. The SMILES string of the molecule is CCCCCCCCCCCCCCN(CCCO)CC(CCCCCC(=O)OCC(CCCCCCCC)CCCCCCCC)SO. The summed E-state index contributed by atoms with van der Waals surface area (Å²) in [6, 6.07) is 0. The quantitative estimate of drug-likeness (QED) is 0.0373. The van der Waals surface area contributed by atoms with Crippen LogP contribution in [-0.2, 0) is 9.53 Å². The van der Waals surface area contributed by atoms with Gasteiger partial charge in [0.05, 0.1) is 6.61 Å². The molecule has 0 saturated carbocycles. The van der Waals surface area contributed by atoms with Gasteiger partial charge >= 0.3 is 5.97 Å². The van der Waals surface area contributed by atoms with Gasteiger partial charge in [-0.15, -0.1) is 0 Å². The molecule has 0 radical (unpaired) electrons. The largest absolute Gasteiger partial charge is 0.465 e. The van der Waals surface area contributed by atoms with E-state index in [9.17, 15) is 14.5 Å². The van der Waals surface area contributed by atoms with E-state index in [2.05, 4.69) is 25.7 Å². The molecule has 0 heterocycles. The molecule has 0 aliphatic rings. The van der Waals surface area contributed by atoms with Gasteiger partial charge in [-0.3, -0.25) is 4.79 Å². The number of hydrogen-bond donors (Lipinski definition) is 2. The second kappa shape index (κ2) is 40.5. The zero-order valence-corrected chi connectivity index (χ0v) is 34.2. The summed E-state index contributed by atoms with van der Waals surface area (Å²) < 4.78 is 15.9. The second-order valence-electron chi connectivity index (χ2n) is 15.3. The third-order valence-electron chi connectivity index (χ3n) is 10.4. The smallest absolute Gasteiger partial charge is 0.305 e. The van der Waals surface area contributed by atoms with Crippen LogP contribution in [0.4, 0.5) is 0 Å². The molecule has 0 rings (SSSR count). The molecule has 0 aliphatic heterocycles. The highest BCUT2D eigenvalue weighted by Crippen LogP contribution is 2.21. The van der Waals surface area contributed by atoms with E-state index in [1.165, 1.54) is 167 Å². The van der Waals surface area contributed by atoms with Crippen molar-refractivity contribution in [1.82, 2.24) is 4.90 Å². The van der Waals surface area contributed by atoms with Crippen molar-refractivity contribution in [2.24, 2.45) is 5.92 Å². The Morgan fingerprint density at radius 3 is 1.43 bits per heavy atom. The Hall–Kier alpha value is -0.300. The summed E-state index contributed by atoms with van der Waals surface area (Å²) in [4.78, 5) is 15.1. The third kappa shape index (κ3) is 35.9. The van der Waals surface area contributed by atoms with Crippen LogP contribution in [0.5, 0.6) is 0 Å². The first-order valence-corrected chi connectivity index (χ1v) is 22.7. The fourth-order valence-corrected chi connectivity index (χ4v) is 7.62. The van der Waals surface area contributed by atoms with E-state index in [4.69, 9.17) is 4.74 Å². The maximum atomic E-state index is 12.6. The second-order valence-corrected chi connectivity index (χ2v) is 16.1. The van der Waals surface area contributed by atoms with Crippen molar-refractivity contribution < 1.29 is 19.2 Å². The molecule has 6 heteroatoms. The van der Waals surface area contributed by atoms with E-state index in [0.29, 0.717) is 18.9 Å². The molecule has 294 valence electrons. The van der Waals surface area contributed by atoms with Crippen LogP contribution >= 0.6 is 12.0 Å².